The number of carbonyl (C=O) groups is 1. The van der Waals surface area contributed by atoms with Gasteiger partial charge in [0, 0.05) is 36.8 Å². The molecule has 4 rings (SSSR count). The molecule has 0 unspecified atom stereocenters. The Morgan fingerprint density at radius 3 is 2.57 bits per heavy atom. The molecule has 8 heteroatoms. The summed E-state index contributed by atoms with van der Waals surface area (Å²) in [4.78, 5) is 19.2. The second kappa shape index (κ2) is 7.87. The Morgan fingerprint density at radius 2 is 1.87 bits per heavy atom. The minimum atomic E-state index is -3.78. The smallest absolute Gasteiger partial charge is 0.283 e. The van der Waals surface area contributed by atoms with Crippen molar-refractivity contribution in [1.29, 1.82) is 0 Å². The third-order valence-corrected chi connectivity index (χ3v) is 6.38. The molecule has 2 heterocycles. The van der Waals surface area contributed by atoms with Gasteiger partial charge in [-0.1, -0.05) is 18.2 Å². The van der Waals surface area contributed by atoms with Crippen molar-refractivity contribution in [1.82, 2.24) is 9.88 Å². The molecule has 0 aliphatic carbocycles. The van der Waals surface area contributed by atoms with Crippen LogP contribution in [-0.4, -0.2) is 43.6 Å². The van der Waals surface area contributed by atoms with Gasteiger partial charge in [0.2, 0.25) is 0 Å². The van der Waals surface area contributed by atoms with Crippen molar-refractivity contribution in [2.45, 2.75) is 24.7 Å². The fourth-order valence-electron chi connectivity index (χ4n) is 3.51. The minimum Gasteiger partial charge on any atom is -0.362 e. The summed E-state index contributed by atoms with van der Waals surface area (Å²) in [6.07, 6.45) is 1.56. The number of nitrogens with one attached hydrogen (secondary N) is 1. The van der Waals surface area contributed by atoms with Crippen LogP contribution in [0.25, 0.3) is 10.9 Å². The standard InChI is InChI=1S/C22H22N4O3S/c1-15-14-19(18-6-3-4-7-20(18)23-15)22(27)24-16-9-11-17(12-10-16)30(28,29)25-21-8-5-13-26(21)2/h3-4,6-7,9-12,14H,5,8,13H2,1-2H3,(H,24,27)/b25-21+. The first kappa shape index (κ1) is 20.0. The molecule has 0 atom stereocenters. The van der Waals surface area contributed by atoms with E-state index in [1.165, 1.54) is 12.1 Å². The number of hydrogen-bond donors (Lipinski definition) is 1. The van der Waals surface area contributed by atoms with Gasteiger partial charge in [0.05, 0.1) is 16.0 Å². The predicted molar refractivity (Wildman–Crippen MR) is 117 cm³/mol. The summed E-state index contributed by atoms with van der Waals surface area (Å²) >= 11 is 0. The highest BCUT2D eigenvalue weighted by Gasteiger charge is 2.20. The van der Waals surface area contributed by atoms with Crippen molar-refractivity contribution in [3.8, 4) is 0 Å². The van der Waals surface area contributed by atoms with Gasteiger partial charge in [-0.15, -0.1) is 4.40 Å². The number of pyridine rings is 1. The molecule has 1 N–H and O–H groups in total. The number of sulfonamides is 1. The number of amidine groups is 1. The van der Waals surface area contributed by atoms with Crippen molar-refractivity contribution in [3.05, 3.63) is 65.9 Å². The van der Waals surface area contributed by atoms with E-state index >= 15 is 0 Å². The summed E-state index contributed by atoms with van der Waals surface area (Å²) in [5.74, 6) is 0.299. The van der Waals surface area contributed by atoms with E-state index in [0.29, 0.717) is 23.5 Å². The van der Waals surface area contributed by atoms with Crippen molar-refractivity contribution >= 4 is 38.4 Å². The van der Waals surface area contributed by atoms with Crippen molar-refractivity contribution in [3.63, 3.8) is 0 Å². The number of fused-ring (bicyclic) bond motifs is 1. The monoisotopic (exact) mass is 422 g/mol. The number of aromatic nitrogens is 1. The van der Waals surface area contributed by atoms with Crippen LogP contribution in [0.2, 0.25) is 0 Å². The van der Waals surface area contributed by atoms with Crippen LogP contribution in [0.5, 0.6) is 0 Å². The van der Waals surface area contributed by atoms with Crippen molar-refractivity contribution < 1.29 is 13.2 Å². The molecular weight excluding hydrogens is 400 g/mol. The maximum atomic E-state index is 12.8. The molecule has 7 nitrogen and oxygen atoms in total. The largest absolute Gasteiger partial charge is 0.362 e. The fourth-order valence-corrected chi connectivity index (χ4v) is 4.60. The molecule has 1 fully saturated rings. The number of hydrogen-bond acceptors (Lipinski definition) is 4. The number of likely N-dealkylation sites (tertiary alicyclic amines) is 1. The topological polar surface area (TPSA) is 91.7 Å². The Labute approximate surface area is 175 Å². The quantitative estimate of drug-likeness (QED) is 0.693. The highest BCUT2D eigenvalue weighted by molar-refractivity contribution is 7.90. The Balaban J connectivity index is 1.57. The van der Waals surface area contributed by atoms with Gasteiger partial charge in [0.1, 0.15) is 5.84 Å². The molecule has 30 heavy (non-hydrogen) atoms. The van der Waals surface area contributed by atoms with E-state index in [1.807, 2.05) is 43.1 Å². The molecule has 1 aliphatic heterocycles. The van der Waals surface area contributed by atoms with Gasteiger partial charge in [-0.2, -0.15) is 8.42 Å². The SMILES string of the molecule is Cc1cc(C(=O)Nc2ccc(S(=O)(=O)/N=C3\CCCN3C)cc2)c2ccccc2n1. The highest BCUT2D eigenvalue weighted by Crippen LogP contribution is 2.22. The molecular formula is C22H22N4O3S. The first-order valence-corrected chi connectivity index (χ1v) is 11.1. The average Bonchev–Trinajstić information content (AvgIpc) is 3.11. The highest BCUT2D eigenvalue weighted by atomic mass is 32.2. The summed E-state index contributed by atoms with van der Waals surface area (Å²) in [5.41, 5.74) is 2.52. The lowest BCUT2D eigenvalue weighted by Gasteiger charge is -2.11. The number of amides is 1. The number of para-hydroxylation sites is 1. The van der Waals surface area contributed by atoms with Crippen LogP contribution in [0.4, 0.5) is 5.69 Å². The van der Waals surface area contributed by atoms with Crippen molar-refractivity contribution in [2.75, 3.05) is 18.9 Å². The molecule has 1 aromatic heterocycles. The lowest BCUT2D eigenvalue weighted by molar-refractivity contribution is 0.102. The molecule has 0 radical (unpaired) electrons. The van der Waals surface area contributed by atoms with Crippen LogP contribution in [0.15, 0.2) is 63.9 Å². The summed E-state index contributed by atoms with van der Waals surface area (Å²) in [6, 6.07) is 15.2. The van der Waals surface area contributed by atoms with Gasteiger partial charge in [0.25, 0.3) is 15.9 Å². The van der Waals surface area contributed by atoms with Crippen molar-refractivity contribution in [2.24, 2.45) is 4.40 Å². The molecule has 154 valence electrons. The second-order valence-corrected chi connectivity index (χ2v) is 8.92. The van der Waals surface area contributed by atoms with Crippen LogP contribution in [0.1, 0.15) is 28.9 Å². The molecule has 3 aromatic rings. The third kappa shape index (κ3) is 4.04. The number of aryl methyl sites for hydroxylation is 1. The summed E-state index contributed by atoms with van der Waals surface area (Å²) in [6.45, 7) is 2.65. The second-order valence-electron chi connectivity index (χ2n) is 7.31. The Morgan fingerprint density at radius 1 is 1.13 bits per heavy atom. The van der Waals surface area contributed by atoms with Gasteiger partial charge in [-0.3, -0.25) is 9.78 Å². The summed E-state index contributed by atoms with van der Waals surface area (Å²) in [5, 5.41) is 3.59. The van der Waals surface area contributed by atoms with E-state index < -0.39 is 10.0 Å². The zero-order valence-corrected chi connectivity index (χ0v) is 17.6. The number of anilines is 1. The fraction of sp³-hybridized carbons (Fsp3) is 0.227. The summed E-state index contributed by atoms with van der Waals surface area (Å²) < 4.78 is 29.1. The van der Waals surface area contributed by atoms with E-state index in [-0.39, 0.29) is 10.8 Å². The van der Waals surface area contributed by atoms with Gasteiger partial charge in [-0.05, 0) is 49.7 Å². The molecule has 1 saturated heterocycles. The van der Waals surface area contributed by atoms with E-state index in [1.54, 1.807) is 18.2 Å². The maximum absolute atomic E-state index is 12.8. The molecule has 1 amide bonds. The Bertz CT molecular complexity index is 1250. The zero-order chi connectivity index (χ0) is 21.3. The van der Waals surface area contributed by atoms with Gasteiger partial charge >= 0.3 is 0 Å². The van der Waals surface area contributed by atoms with E-state index in [4.69, 9.17) is 0 Å². The average molecular weight is 423 g/mol. The van der Waals surface area contributed by atoms with E-state index in [9.17, 15) is 13.2 Å². The lowest BCUT2D eigenvalue weighted by atomic mass is 10.1. The van der Waals surface area contributed by atoms with Crippen LogP contribution >= 0.6 is 0 Å². The van der Waals surface area contributed by atoms with Gasteiger partial charge in [0.15, 0.2) is 0 Å². The molecule has 0 bridgehead atoms. The molecule has 0 saturated carbocycles. The van der Waals surface area contributed by atoms with E-state index in [0.717, 1.165) is 29.6 Å². The van der Waals surface area contributed by atoms with Crippen LogP contribution in [0.3, 0.4) is 0 Å². The Kier molecular flexibility index (Phi) is 5.26. The number of carbonyl (C=O) groups excluding carboxylic acids is 1. The van der Waals surface area contributed by atoms with Gasteiger partial charge < -0.3 is 10.2 Å². The maximum Gasteiger partial charge on any atom is 0.283 e. The van der Waals surface area contributed by atoms with E-state index in [2.05, 4.69) is 14.7 Å². The molecule has 1 aliphatic rings. The number of benzene rings is 2. The number of rotatable bonds is 4. The summed E-state index contributed by atoms with van der Waals surface area (Å²) in [7, 11) is -1.95. The normalized spacial score (nSPS) is 15.7. The molecule has 2 aromatic carbocycles. The predicted octanol–water partition coefficient (Wildman–Crippen LogP) is 3.61. The zero-order valence-electron chi connectivity index (χ0n) is 16.8. The first-order chi connectivity index (χ1) is 14.3. The molecule has 0 spiro atoms. The van der Waals surface area contributed by atoms with Crippen LogP contribution in [0, 0.1) is 6.92 Å². The van der Waals surface area contributed by atoms with Crippen LogP contribution in [-0.2, 0) is 10.0 Å². The first-order valence-electron chi connectivity index (χ1n) is 9.66. The van der Waals surface area contributed by atoms with Crippen LogP contribution < -0.4 is 5.32 Å². The van der Waals surface area contributed by atoms with Gasteiger partial charge in [-0.25, -0.2) is 0 Å². The Hall–Kier alpha value is -3.26. The minimum absolute atomic E-state index is 0.0958. The lowest BCUT2D eigenvalue weighted by Crippen LogP contribution is -2.20. The third-order valence-electron chi connectivity index (χ3n) is 5.06. The number of nitrogens with zero attached hydrogens (tertiary/aromatic N) is 3.